The van der Waals surface area contributed by atoms with Crippen LogP contribution in [0.15, 0.2) is 48.5 Å². The minimum absolute atomic E-state index is 0.0694. The van der Waals surface area contributed by atoms with E-state index >= 15 is 0 Å². The van der Waals surface area contributed by atoms with Crippen molar-refractivity contribution in [1.82, 2.24) is 4.72 Å². The number of methoxy groups -OCH3 is 1. The molecule has 0 fully saturated rings. The number of hydrogen-bond donors (Lipinski definition) is 1. The van der Waals surface area contributed by atoms with E-state index in [0.717, 1.165) is 22.6 Å². The highest BCUT2D eigenvalue weighted by atomic mass is 32.2. The van der Waals surface area contributed by atoms with Crippen molar-refractivity contribution in [2.24, 2.45) is 0 Å². The van der Waals surface area contributed by atoms with Crippen molar-refractivity contribution in [1.29, 1.82) is 0 Å². The lowest BCUT2D eigenvalue weighted by molar-refractivity contribution is 0.0257. The Labute approximate surface area is 170 Å². The second kappa shape index (κ2) is 9.07. The first-order valence-electron chi connectivity index (χ1n) is 9.51. The molecule has 3 atom stereocenters. The van der Waals surface area contributed by atoms with Gasteiger partial charge in [0.15, 0.2) is 0 Å². The van der Waals surface area contributed by atoms with E-state index in [9.17, 15) is 4.21 Å². The maximum Gasteiger partial charge on any atom is 0.128 e. The van der Waals surface area contributed by atoms with Crippen molar-refractivity contribution in [3.8, 4) is 11.5 Å². The Morgan fingerprint density at radius 1 is 1.18 bits per heavy atom. The van der Waals surface area contributed by atoms with E-state index in [0.29, 0.717) is 19.6 Å². The topological polar surface area (TPSA) is 56.8 Å². The SMILES string of the molecule is COc1ccc2c(c1)O[C@@H](COCc1ccccc1)C[C@H]2N[S@@](=O)C(C)(C)C. The van der Waals surface area contributed by atoms with E-state index in [1.165, 1.54) is 0 Å². The van der Waals surface area contributed by atoms with Gasteiger partial charge in [-0.3, -0.25) is 0 Å². The fourth-order valence-electron chi connectivity index (χ4n) is 3.05. The third-order valence-corrected chi connectivity index (χ3v) is 6.22. The van der Waals surface area contributed by atoms with Crippen LogP contribution in [0, 0.1) is 0 Å². The van der Waals surface area contributed by atoms with Gasteiger partial charge in [0.1, 0.15) is 17.6 Å². The summed E-state index contributed by atoms with van der Waals surface area (Å²) in [6.07, 6.45) is 0.563. The number of rotatable bonds is 7. The van der Waals surface area contributed by atoms with Gasteiger partial charge in [0, 0.05) is 18.1 Å². The highest BCUT2D eigenvalue weighted by Crippen LogP contribution is 2.38. The summed E-state index contributed by atoms with van der Waals surface area (Å²) in [6.45, 7) is 6.89. The van der Waals surface area contributed by atoms with Crippen LogP contribution in [0.5, 0.6) is 11.5 Å². The fourth-order valence-corrected chi connectivity index (χ4v) is 3.89. The Hall–Kier alpha value is -1.89. The number of benzene rings is 2. The molecule has 2 aromatic carbocycles. The van der Waals surface area contributed by atoms with Gasteiger partial charge < -0.3 is 14.2 Å². The highest BCUT2D eigenvalue weighted by Gasteiger charge is 2.32. The van der Waals surface area contributed by atoms with E-state index < -0.39 is 11.0 Å². The highest BCUT2D eigenvalue weighted by molar-refractivity contribution is 7.84. The molecule has 2 aromatic rings. The molecule has 1 heterocycles. The average molecular weight is 404 g/mol. The van der Waals surface area contributed by atoms with Crippen LogP contribution in [0.1, 0.15) is 44.4 Å². The molecule has 0 amide bonds. The predicted octanol–water partition coefficient (Wildman–Crippen LogP) is 4.16. The van der Waals surface area contributed by atoms with Crippen LogP contribution in [-0.4, -0.2) is 28.8 Å². The summed E-state index contributed by atoms with van der Waals surface area (Å²) >= 11 is 0. The van der Waals surface area contributed by atoms with E-state index in [1.54, 1.807) is 7.11 Å². The molecule has 1 N–H and O–H groups in total. The smallest absolute Gasteiger partial charge is 0.128 e. The maximum atomic E-state index is 12.7. The molecule has 0 saturated heterocycles. The molecule has 3 rings (SSSR count). The predicted molar refractivity (Wildman–Crippen MR) is 112 cm³/mol. The van der Waals surface area contributed by atoms with Gasteiger partial charge >= 0.3 is 0 Å². The second-order valence-corrected chi connectivity index (χ2v) is 9.93. The lowest BCUT2D eigenvalue weighted by Gasteiger charge is -2.34. The molecule has 0 spiro atoms. The molecular formula is C22H29NO4S. The Morgan fingerprint density at radius 3 is 2.61 bits per heavy atom. The summed E-state index contributed by atoms with van der Waals surface area (Å²) in [6, 6.07) is 15.8. The molecule has 5 nitrogen and oxygen atoms in total. The lowest BCUT2D eigenvalue weighted by atomic mass is 9.97. The van der Waals surface area contributed by atoms with Crippen LogP contribution in [0.25, 0.3) is 0 Å². The number of hydrogen-bond acceptors (Lipinski definition) is 4. The molecule has 0 saturated carbocycles. The largest absolute Gasteiger partial charge is 0.497 e. The number of fused-ring (bicyclic) bond motifs is 1. The van der Waals surface area contributed by atoms with Gasteiger partial charge in [-0.05, 0) is 32.4 Å². The van der Waals surface area contributed by atoms with Crippen LogP contribution in [-0.2, 0) is 22.3 Å². The summed E-state index contributed by atoms with van der Waals surface area (Å²) < 4.78 is 33.0. The zero-order valence-corrected chi connectivity index (χ0v) is 17.8. The van der Waals surface area contributed by atoms with Gasteiger partial charge in [-0.25, -0.2) is 8.93 Å². The number of nitrogens with one attached hydrogen (secondary N) is 1. The van der Waals surface area contributed by atoms with Gasteiger partial charge in [-0.2, -0.15) is 0 Å². The summed E-state index contributed by atoms with van der Waals surface area (Å²) in [5.41, 5.74) is 2.13. The van der Waals surface area contributed by atoms with Crippen LogP contribution in [0.3, 0.4) is 0 Å². The monoisotopic (exact) mass is 403 g/mol. The van der Waals surface area contributed by atoms with Crippen molar-refractivity contribution >= 4 is 11.0 Å². The van der Waals surface area contributed by atoms with Gasteiger partial charge in [-0.15, -0.1) is 0 Å². The molecule has 0 aliphatic carbocycles. The summed E-state index contributed by atoms with van der Waals surface area (Å²) in [5, 5.41) is 0. The molecule has 0 bridgehead atoms. The first-order valence-corrected chi connectivity index (χ1v) is 10.7. The van der Waals surface area contributed by atoms with Gasteiger partial charge in [0.05, 0.1) is 42.1 Å². The molecule has 28 heavy (non-hydrogen) atoms. The third-order valence-electron chi connectivity index (χ3n) is 4.61. The summed E-state index contributed by atoms with van der Waals surface area (Å²) in [7, 11) is 0.457. The van der Waals surface area contributed by atoms with Gasteiger partial charge in [0.25, 0.3) is 0 Å². The normalized spacial score (nSPS) is 20.1. The van der Waals surface area contributed by atoms with Crippen molar-refractivity contribution in [3.63, 3.8) is 0 Å². The first-order chi connectivity index (χ1) is 13.4. The van der Waals surface area contributed by atoms with Crippen molar-refractivity contribution in [2.75, 3.05) is 13.7 Å². The van der Waals surface area contributed by atoms with Crippen LogP contribution >= 0.6 is 0 Å². The Bertz CT molecular complexity index is 804. The molecule has 0 aromatic heterocycles. The van der Waals surface area contributed by atoms with Crippen LogP contribution < -0.4 is 14.2 Å². The maximum absolute atomic E-state index is 12.7. The molecule has 0 unspecified atom stereocenters. The van der Waals surface area contributed by atoms with Crippen molar-refractivity contribution in [3.05, 3.63) is 59.7 Å². The number of ether oxygens (including phenoxy) is 3. The zero-order valence-electron chi connectivity index (χ0n) is 16.9. The quantitative estimate of drug-likeness (QED) is 0.754. The molecule has 152 valence electrons. The van der Waals surface area contributed by atoms with E-state index in [-0.39, 0.29) is 16.9 Å². The van der Waals surface area contributed by atoms with E-state index in [2.05, 4.69) is 4.72 Å². The van der Waals surface area contributed by atoms with Crippen molar-refractivity contribution in [2.45, 2.75) is 50.7 Å². The van der Waals surface area contributed by atoms with Crippen LogP contribution in [0.4, 0.5) is 0 Å². The Morgan fingerprint density at radius 2 is 1.93 bits per heavy atom. The standard InChI is InChI=1S/C22H29NO4S/c1-22(2,3)28(24)23-20-12-18(15-26-14-16-8-6-5-7-9-16)27-21-13-17(25-4)10-11-19(20)21/h5-11,13,18,20,23H,12,14-15H2,1-4H3/t18-,20-,28+/m1/s1. The van der Waals surface area contributed by atoms with Gasteiger partial charge in [0.2, 0.25) is 0 Å². The molecular weight excluding hydrogens is 374 g/mol. The summed E-state index contributed by atoms with van der Waals surface area (Å²) in [5.74, 6) is 1.49. The van der Waals surface area contributed by atoms with Gasteiger partial charge in [-0.1, -0.05) is 36.4 Å². The summed E-state index contributed by atoms with van der Waals surface area (Å²) in [4.78, 5) is 0. The van der Waals surface area contributed by atoms with Crippen LogP contribution in [0.2, 0.25) is 0 Å². The third kappa shape index (κ3) is 5.34. The molecule has 0 radical (unpaired) electrons. The Kier molecular flexibility index (Phi) is 6.75. The Balaban J connectivity index is 1.71. The lowest BCUT2D eigenvalue weighted by Crippen LogP contribution is -2.40. The van der Waals surface area contributed by atoms with E-state index in [1.807, 2.05) is 69.3 Å². The molecule has 1 aliphatic heterocycles. The van der Waals surface area contributed by atoms with E-state index in [4.69, 9.17) is 14.2 Å². The second-order valence-electron chi connectivity index (χ2n) is 7.93. The minimum atomic E-state index is -1.18. The minimum Gasteiger partial charge on any atom is -0.497 e. The average Bonchev–Trinajstić information content (AvgIpc) is 2.67. The molecule has 1 aliphatic rings. The first kappa shape index (κ1) is 20.8. The zero-order chi connectivity index (χ0) is 20.1. The van der Waals surface area contributed by atoms with Crippen molar-refractivity contribution < 1.29 is 18.4 Å². The molecule has 6 heteroatoms. The fraction of sp³-hybridized carbons (Fsp3) is 0.455.